The van der Waals surface area contributed by atoms with E-state index in [9.17, 15) is 4.79 Å². The zero-order valence-electron chi connectivity index (χ0n) is 11.5. The van der Waals surface area contributed by atoms with Crippen molar-refractivity contribution in [3.8, 4) is 5.69 Å². The topological polar surface area (TPSA) is 72.7 Å². The average Bonchev–Trinajstić information content (AvgIpc) is 3.08. The highest BCUT2D eigenvalue weighted by Crippen LogP contribution is 2.13. The fraction of sp³-hybridized carbons (Fsp3) is 0.0667. The molecule has 0 saturated carbocycles. The van der Waals surface area contributed by atoms with Crippen molar-refractivity contribution in [2.75, 3.05) is 0 Å². The van der Waals surface area contributed by atoms with Gasteiger partial charge in [-0.15, -0.1) is 5.10 Å². The summed E-state index contributed by atoms with van der Waals surface area (Å²) in [6.45, 7) is 0.417. The number of halogens is 1. The van der Waals surface area contributed by atoms with Crippen LogP contribution in [0.15, 0.2) is 54.9 Å². The number of nitrogens with one attached hydrogen (secondary N) is 1. The van der Waals surface area contributed by atoms with Crippen LogP contribution in [0.2, 0.25) is 5.02 Å². The van der Waals surface area contributed by atoms with Gasteiger partial charge in [-0.1, -0.05) is 35.9 Å². The summed E-state index contributed by atoms with van der Waals surface area (Å²) in [5.41, 5.74) is 2.10. The Kier molecular flexibility index (Phi) is 4.11. The van der Waals surface area contributed by atoms with Crippen molar-refractivity contribution >= 4 is 17.5 Å². The molecule has 0 aliphatic carbocycles. The van der Waals surface area contributed by atoms with Crippen molar-refractivity contribution in [1.82, 2.24) is 25.5 Å². The van der Waals surface area contributed by atoms with E-state index in [0.29, 0.717) is 22.8 Å². The Bertz CT molecular complexity index is 771. The zero-order valence-corrected chi connectivity index (χ0v) is 12.2. The number of hydrogen-bond donors (Lipinski definition) is 1. The first kappa shape index (κ1) is 14.2. The molecule has 6 nitrogen and oxygen atoms in total. The van der Waals surface area contributed by atoms with Gasteiger partial charge in [0.1, 0.15) is 6.33 Å². The van der Waals surface area contributed by atoms with Gasteiger partial charge >= 0.3 is 0 Å². The number of para-hydroxylation sites is 1. The number of carbonyl (C=O) groups excluding carboxylic acids is 1. The number of aromatic nitrogens is 4. The Morgan fingerprint density at radius 2 is 1.91 bits per heavy atom. The first-order valence-electron chi connectivity index (χ1n) is 6.59. The average molecular weight is 314 g/mol. The van der Waals surface area contributed by atoms with E-state index in [-0.39, 0.29) is 5.91 Å². The maximum Gasteiger partial charge on any atom is 0.253 e. The lowest BCUT2D eigenvalue weighted by Crippen LogP contribution is -2.24. The van der Waals surface area contributed by atoms with E-state index in [0.717, 1.165) is 5.56 Å². The summed E-state index contributed by atoms with van der Waals surface area (Å²) in [4.78, 5) is 12.4. The maximum atomic E-state index is 12.4. The molecule has 0 aliphatic heterocycles. The van der Waals surface area contributed by atoms with Crippen LogP contribution in [0.25, 0.3) is 5.69 Å². The van der Waals surface area contributed by atoms with Crippen LogP contribution in [-0.2, 0) is 6.54 Å². The summed E-state index contributed by atoms with van der Waals surface area (Å²) in [5, 5.41) is 14.5. The SMILES string of the molecule is O=C(NCc1ccc(Cl)cc1)c1ccccc1-n1cnnn1. The summed E-state index contributed by atoms with van der Waals surface area (Å²) in [5.74, 6) is -0.193. The van der Waals surface area contributed by atoms with Crippen molar-refractivity contribution in [3.63, 3.8) is 0 Å². The number of hydrogen-bond acceptors (Lipinski definition) is 4. The molecule has 0 radical (unpaired) electrons. The van der Waals surface area contributed by atoms with Gasteiger partial charge in [-0.2, -0.15) is 4.68 Å². The Balaban J connectivity index is 1.77. The predicted octanol–water partition coefficient (Wildman–Crippen LogP) is 2.25. The van der Waals surface area contributed by atoms with E-state index in [1.165, 1.54) is 11.0 Å². The van der Waals surface area contributed by atoms with Gasteiger partial charge in [0.25, 0.3) is 5.91 Å². The van der Waals surface area contributed by atoms with Crippen molar-refractivity contribution < 1.29 is 4.79 Å². The van der Waals surface area contributed by atoms with Crippen LogP contribution in [0.4, 0.5) is 0 Å². The number of tetrazole rings is 1. The second-order valence-corrected chi connectivity index (χ2v) is 5.02. The van der Waals surface area contributed by atoms with Gasteiger partial charge in [-0.25, -0.2) is 0 Å². The molecule has 0 bridgehead atoms. The third-order valence-electron chi connectivity index (χ3n) is 3.11. The number of rotatable bonds is 4. The smallest absolute Gasteiger partial charge is 0.253 e. The van der Waals surface area contributed by atoms with Gasteiger partial charge in [-0.3, -0.25) is 4.79 Å². The van der Waals surface area contributed by atoms with E-state index in [1.807, 2.05) is 18.2 Å². The van der Waals surface area contributed by atoms with E-state index >= 15 is 0 Å². The molecule has 7 heteroatoms. The highest BCUT2D eigenvalue weighted by Gasteiger charge is 2.12. The molecule has 110 valence electrons. The van der Waals surface area contributed by atoms with Crippen molar-refractivity contribution in [2.24, 2.45) is 0 Å². The molecular weight excluding hydrogens is 302 g/mol. The third-order valence-corrected chi connectivity index (χ3v) is 3.36. The second-order valence-electron chi connectivity index (χ2n) is 4.58. The quantitative estimate of drug-likeness (QED) is 0.802. The first-order chi connectivity index (χ1) is 10.7. The van der Waals surface area contributed by atoms with Crippen LogP contribution in [0.5, 0.6) is 0 Å². The third kappa shape index (κ3) is 3.12. The molecule has 1 amide bonds. The van der Waals surface area contributed by atoms with Crippen LogP contribution in [0.1, 0.15) is 15.9 Å². The Labute approximate surface area is 131 Å². The molecule has 2 aromatic carbocycles. The lowest BCUT2D eigenvalue weighted by atomic mass is 10.1. The fourth-order valence-corrected chi connectivity index (χ4v) is 2.14. The minimum Gasteiger partial charge on any atom is -0.348 e. The highest BCUT2D eigenvalue weighted by atomic mass is 35.5. The van der Waals surface area contributed by atoms with Crippen LogP contribution < -0.4 is 5.32 Å². The molecule has 3 rings (SSSR count). The Hall–Kier alpha value is -2.73. The number of carbonyl (C=O) groups is 1. The standard InChI is InChI=1S/C15H12ClN5O/c16-12-7-5-11(6-8-12)9-17-15(22)13-3-1-2-4-14(13)21-10-18-19-20-21/h1-8,10H,9H2,(H,17,22). The van der Waals surface area contributed by atoms with Crippen LogP contribution in [0.3, 0.4) is 0 Å². The molecule has 0 saturated heterocycles. The Morgan fingerprint density at radius 1 is 1.14 bits per heavy atom. The molecule has 0 atom stereocenters. The first-order valence-corrected chi connectivity index (χ1v) is 6.97. The summed E-state index contributed by atoms with van der Waals surface area (Å²) in [7, 11) is 0. The summed E-state index contributed by atoms with van der Waals surface area (Å²) in [6.07, 6.45) is 1.45. The van der Waals surface area contributed by atoms with Crippen LogP contribution >= 0.6 is 11.6 Å². The van der Waals surface area contributed by atoms with Gasteiger partial charge in [0, 0.05) is 11.6 Å². The monoisotopic (exact) mass is 313 g/mol. The molecule has 0 aliphatic rings. The van der Waals surface area contributed by atoms with E-state index in [1.54, 1.807) is 30.3 Å². The summed E-state index contributed by atoms with van der Waals surface area (Å²) in [6, 6.07) is 14.5. The van der Waals surface area contributed by atoms with E-state index in [4.69, 9.17) is 11.6 Å². The zero-order chi connectivity index (χ0) is 15.4. The molecule has 3 aromatic rings. The van der Waals surface area contributed by atoms with Crippen molar-refractivity contribution in [2.45, 2.75) is 6.54 Å². The molecule has 0 unspecified atom stereocenters. The number of benzene rings is 2. The summed E-state index contributed by atoms with van der Waals surface area (Å²) >= 11 is 5.84. The van der Waals surface area contributed by atoms with Crippen molar-refractivity contribution in [1.29, 1.82) is 0 Å². The van der Waals surface area contributed by atoms with Gasteiger partial charge < -0.3 is 5.32 Å². The van der Waals surface area contributed by atoms with Gasteiger partial charge in [0.2, 0.25) is 0 Å². The molecule has 0 fully saturated rings. The van der Waals surface area contributed by atoms with Crippen molar-refractivity contribution in [3.05, 3.63) is 71.0 Å². The number of amides is 1. The summed E-state index contributed by atoms with van der Waals surface area (Å²) < 4.78 is 1.46. The molecular formula is C15H12ClN5O. The Morgan fingerprint density at radius 3 is 2.64 bits per heavy atom. The predicted molar refractivity (Wildman–Crippen MR) is 81.8 cm³/mol. The lowest BCUT2D eigenvalue weighted by Gasteiger charge is -2.09. The molecule has 1 aromatic heterocycles. The minimum atomic E-state index is -0.193. The molecule has 22 heavy (non-hydrogen) atoms. The normalized spacial score (nSPS) is 10.4. The fourth-order valence-electron chi connectivity index (χ4n) is 2.02. The number of nitrogens with zero attached hydrogens (tertiary/aromatic N) is 4. The van der Waals surface area contributed by atoms with E-state index < -0.39 is 0 Å². The largest absolute Gasteiger partial charge is 0.348 e. The second kappa shape index (κ2) is 6.36. The van der Waals surface area contributed by atoms with Gasteiger partial charge in [-0.05, 0) is 40.3 Å². The van der Waals surface area contributed by atoms with Gasteiger partial charge in [0.15, 0.2) is 0 Å². The van der Waals surface area contributed by atoms with Crippen LogP contribution in [-0.4, -0.2) is 26.1 Å². The molecule has 0 spiro atoms. The molecule has 1 heterocycles. The minimum absolute atomic E-state index is 0.193. The van der Waals surface area contributed by atoms with Crippen LogP contribution in [0, 0.1) is 0 Å². The van der Waals surface area contributed by atoms with Gasteiger partial charge in [0.05, 0.1) is 11.3 Å². The molecule has 1 N–H and O–H groups in total. The van der Waals surface area contributed by atoms with E-state index in [2.05, 4.69) is 20.8 Å². The highest BCUT2D eigenvalue weighted by molar-refractivity contribution is 6.30. The maximum absolute atomic E-state index is 12.4. The lowest BCUT2D eigenvalue weighted by molar-refractivity contribution is 0.0950.